The number of hydrogen-bond acceptors (Lipinski definition) is 3. The minimum atomic E-state index is -0.345. The number of thioether (sulfide) groups is 1. The molecule has 1 atom stereocenters. The summed E-state index contributed by atoms with van der Waals surface area (Å²) in [6.07, 6.45) is 2.10. The maximum atomic E-state index is 12.7. The van der Waals surface area contributed by atoms with Crippen molar-refractivity contribution in [2.75, 3.05) is 11.1 Å². The third-order valence-electron chi connectivity index (χ3n) is 2.89. The Bertz CT molecular complexity index is 488. The Kier molecular flexibility index (Phi) is 5.00. The van der Waals surface area contributed by atoms with E-state index in [1.165, 1.54) is 36.0 Å². The molecule has 0 aliphatic heterocycles. The van der Waals surface area contributed by atoms with E-state index in [2.05, 4.69) is 10.6 Å². The van der Waals surface area contributed by atoms with Crippen LogP contribution in [0.25, 0.3) is 0 Å². The van der Waals surface area contributed by atoms with Crippen LogP contribution in [0, 0.1) is 5.82 Å². The van der Waals surface area contributed by atoms with E-state index in [4.69, 9.17) is 0 Å². The number of benzene rings is 1. The molecule has 1 aromatic rings. The van der Waals surface area contributed by atoms with E-state index >= 15 is 0 Å². The summed E-state index contributed by atoms with van der Waals surface area (Å²) in [7, 11) is 0. The predicted octanol–water partition coefficient (Wildman–Crippen LogP) is 2.16. The van der Waals surface area contributed by atoms with Gasteiger partial charge >= 0.3 is 0 Å². The first-order chi connectivity index (χ1) is 9.54. The molecule has 0 aromatic heterocycles. The Morgan fingerprint density at radius 1 is 1.35 bits per heavy atom. The fourth-order valence-electron chi connectivity index (χ4n) is 1.55. The molecule has 1 aliphatic carbocycles. The third kappa shape index (κ3) is 4.85. The zero-order valence-electron chi connectivity index (χ0n) is 11.2. The van der Waals surface area contributed by atoms with E-state index in [9.17, 15) is 14.0 Å². The fraction of sp³-hybridized carbons (Fsp3) is 0.429. The number of rotatable bonds is 6. The van der Waals surface area contributed by atoms with Crippen molar-refractivity contribution in [1.29, 1.82) is 0 Å². The summed E-state index contributed by atoms with van der Waals surface area (Å²) in [4.78, 5) is 23.4. The van der Waals surface area contributed by atoms with Crippen molar-refractivity contribution in [2.45, 2.75) is 31.1 Å². The molecule has 1 aromatic carbocycles. The first kappa shape index (κ1) is 14.8. The van der Waals surface area contributed by atoms with Crippen LogP contribution in [0.15, 0.2) is 24.3 Å². The lowest BCUT2D eigenvalue weighted by Crippen LogP contribution is -2.33. The highest BCUT2D eigenvalue weighted by molar-refractivity contribution is 8.01. The third-order valence-corrected chi connectivity index (χ3v) is 4.03. The summed E-state index contributed by atoms with van der Waals surface area (Å²) in [6, 6.07) is 5.91. The number of nitrogens with one attached hydrogen (secondary N) is 2. The number of halogens is 1. The Morgan fingerprint density at radius 3 is 2.60 bits per heavy atom. The van der Waals surface area contributed by atoms with Gasteiger partial charge in [0.25, 0.3) is 0 Å². The van der Waals surface area contributed by atoms with Crippen molar-refractivity contribution < 1.29 is 14.0 Å². The van der Waals surface area contributed by atoms with Gasteiger partial charge in [0.2, 0.25) is 11.8 Å². The first-order valence-electron chi connectivity index (χ1n) is 6.52. The molecule has 2 rings (SSSR count). The second-order valence-electron chi connectivity index (χ2n) is 4.79. The summed E-state index contributed by atoms with van der Waals surface area (Å²) in [5.41, 5.74) is 0.548. The molecule has 6 heteroatoms. The largest absolute Gasteiger partial charge is 0.352 e. The average Bonchev–Trinajstić information content (AvgIpc) is 3.22. The van der Waals surface area contributed by atoms with Crippen molar-refractivity contribution in [3.63, 3.8) is 0 Å². The molecule has 1 aliphatic rings. The fourth-order valence-corrected chi connectivity index (χ4v) is 2.25. The predicted molar refractivity (Wildman–Crippen MR) is 78.1 cm³/mol. The van der Waals surface area contributed by atoms with Gasteiger partial charge in [0.15, 0.2) is 0 Å². The lowest BCUT2D eigenvalue weighted by Gasteiger charge is -2.11. The molecule has 1 saturated carbocycles. The zero-order chi connectivity index (χ0) is 14.5. The van der Waals surface area contributed by atoms with Crippen LogP contribution >= 0.6 is 11.8 Å². The molecule has 0 bridgehead atoms. The van der Waals surface area contributed by atoms with Gasteiger partial charge in [-0.15, -0.1) is 11.8 Å². The van der Waals surface area contributed by atoms with Gasteiger partial charge in [-0.3, -0.25) is 9.59 Å². The Labute approximate surface area is 121 Å². The van der Waals surface area contributed by atoms with Crippen molar-refractivity contribution in [2.24, 2.45) is 0 Å². The first-order valence-corrected chi connectivity index (χ1v) is 7.57. The van der Waals surface area contributed by atoms with Crippen LogP contribution in [-0.4, -0.2) is 28.9 Å². The van der Waals surface area contributed by atoms with Gasteiger partial charge in [-0.25, -0.2) is 4.39 Å². The smallest absolute Gasteiger partial charge is 0.234 e. The van der Waals surface area contributed by atoms with E-state index in [-0.39, 0.29) is 28.6 Å². The minimum Gasteiger partial charge on any atom is -0.352 e. The van der Waals surface area contributed by atoms with Crippen molar-refractivity contribution in [1.82, 2.24) is 5.32 Å². The quantitative estimate of drug-likeness (QED) is 0.846. The Hall–Kier alpha value is -1.56. The second-order valence-corrected chi connectivity index (χ2v) is 6.12. The van der Waals surface area contributed by atoms with Crippen LogP contribution < -0.4 is 10.6 Å². The molecule has 2 amide bonds. The summed E-state index contributed by atoms with van der Waals surface area (Å²) >= 11 is 1.29. The molecule has 0 heterocycles. The van der Waals surface area contributed by atoms with E-state index in [0.29, 0.717) is 11.7 Å². The van der Waals surface area contributed by atoms with Crippen molar-refractivity contribution >= 4 is 29.3 Å². The van der Waals surface area contributed by atoms with Gasteiger partial charge in [0.05, 0.1) is 11.0 Å². The average molecular weight is 296 g/mol. The maximum absolute atomic E-state index is 12.7. The van der Waals surface area contributed by atoms with Crippen LogP contribution in [0.5, 0.6) is 0 Å². The number of hydrogen-bond donors (Lipinski definition) is 2. The van der Waals surface area contributed by atoms with Crippen molar-refractivity contribution in [3.05, 3.63) is 30.1 Å². The van der Waals surface area contributed by atoms with E-state index < -0.39 is 0 Å². The summed E-state index contributed by atoms with van der Waals surface area (Å²) < 4.78 is 12.7. The molecule has 1 fully saturated rings. The molecular weight excluding hydrogens is 279 g/mol. The van der Waals surface area contributed by atoms with Crippen LogP contribution in [0.1, 0.15) is 19.8 Å². The summed E-state index contributed by atoms with van der Waals surface area (Å²) in [5.74, 6) is -0.376. The summed E-state index contributed by atoms with van der Waals surface area (Å²) in [6.45, 7) is 1.79. The highest BCUT2D eigenvalue weighted by atomic mass is 32.2. The highest BCUT2D eigenvalue weighted by Crippen LogP contribution is 2.20. The van der Waals surface area contributed by atoms with Crippen LogP contribution in [0.3, 0.4) is 0 Å². The van der Waals surface area contributed by atoms with Gasteiger partial charge in [0.1, 0.15) is 5.82 Å². The normalized spacial score (nSPS) is 15.5. The SMILES string of the molecule is C[C@H](SCC(=O)Nc1ccc(F)cc1)C(=O)NC1CC1. The molecule has 0 radical (unpaired) electrons. The van der Waals surface area contributed by atoms with E-state index in [1.54, 1.807) is 6.92 Å². The highest BCUT2D eigenvalue weighted by Gasteiger charge is 2.25. The van der Waals surface area contributed by atoms with Crippen LogP contribution in [0.2, 0.25) is 0 Å². The Morgan fingerprint density at radius 2 is 2.00 bits per heavy atom. The van der Waals surface area contributed by atoms with Gasteiger partial charge in [0, 0.05) is 11.7 Å². The monoisotopic (exact) mass is 296 g/mol. The molecule has 0 spiro atoms. The maximum Gasteiger partial charge on any atom is 0.234 e. The minimum absolute atomic E-state index is 0.0212. The van der Waals surface area contributed by atoms with Gasteiger partial charge in [-0.1, -0.05) is 0 Å². The second kappa shape index (κ2) is 6.74. The van der Waals surface area contributed by atoms with Crippen molar-refractivity contribution in [3.8, 4) is 0 Å². The zero-order valence-corrected chi connectivity index (χ0v) is 12.0. The van der Waals surface area contributed by atoms with E-state index in [1.807, 2.05) is 0 Å². The standard InChI is InChI=1S/C14H17FN2O2S/c1-9(14(19)17-12-6-7-12)20-8-13(18)16-11-4-2-10(15)3-5-11/h2-5,9,12H,6-8H2,1H3,(H,16,18)(H,17,19)/t9-/m0/s1. The molecular formula is C14H17FN2O2S. The van der Waals surface area contributed by atoms with Crippen LogP contribution in [0.4, 0.5) is 10.1 Å². The molecule has 20 heavy (non-hydrogen) atoms. The number of carbonyl (C=O) groups excluding carboxylic acids is 2. The number of amides is 2. The van der Waals surface area contributed by atoms with Gasteiger partial charge < -0.3 is 10.6 Å². The molecule has 0 unspecified atom stereocenters. The van der Waals surface area contributed by atoms with Gasteiger partial charge in [-0.05, 0) is 44.0 Å². The molecule has 0 saturated heterocycles. The lowest BCUT2D eigenvalue weighted by molar-refractivity contribution is -0.120. The number of carbonyl (C=O) groups is 2. The topological polar surface area (TPSA) is 58.2 Å². The molecule has 4 nitrogen and oxygen atoms in total. The molecule has 2 N–H and O–H groups in total. The lowest BCUT2D eigenvalue weighted by atomic mass is 10.3. The van der Waals surface area contributed by atoms with Gasteiger partial charge in [-0.2, -0.15) is 0 Å². The summed E-state index contributed by atoms with van der Waals surface area (Å²) in [5, 5.41) is 5.30. The number of anilines is 1. The van der Waals surface area contributed by atoms with E-state index in [0.717, 1.165) is 12.8 Å². The molecule has 108 valence electrons. The van der Waals surface area contributed by atoms with Crippen LogP contribution in [-0.2, 0) is 9.59 Å². The Balaban J connectivity index is 1.71.